The molecule has 0 spiro atoms. The van der Waals surface area contributed by atoms with Gasteiger partial charge in [0.15, 0.2) is 5.82 Å². The van der Waals surface area contributed by atoms with Crippen LogP contribution in [-0.4, -0.2) is 65.6 Å². The maximum absolute atomic E-state index is 15.5. The van der Waals surface area contributed by atoms with E-state index >= 15 is 8.78 Å². The fraction of sp³-hybridized carbons (Fsp3) is 0.300. The molecule has 25 heteroatoms. The number of aryl methyl sites for hydroxylation is 1. The molecule has 0 unspecified atom stereocenters. The van der Waals surface area contributed by atoms with Crippen LogP contribution in [0.25, 0.3) is 38.6 Å². The van der Waals surface area contributed by atoms with Gasteiger partial charge in [-0.05, 0) is 59.9 Å². The highest BCUT2D eigenvalue weighted by molar-refractivity contribution is 7.92. The Bertz CT molecular complexity index is 3270. The Balaban J connectivity index is 1.25. The molecule has 1 saturated carbocycles. The normalized spacial score (nSPS) is 17.2. The number of hydrogen-bond acceptors (Lipinski definition) is 8. The number of halogens is 10. The van der Waals surface area contributed by atoms with Gasteiger partial charge in [-0.2, -0.15) is 37.2 Å². The summed E-state index contributed by atoms with van der Waals surface area (Å²) in [6.07, 6.45) is -5.37. The molecule has 65 heavy (non-hydrogen) atoms. The number of fused-ring (bicyclic) bond motifs is 5. The third-order valence-electron chi connectivity index (χ3n) is 11.1. The van der Waals surface area contributed by atoms with Crippen molar-refractivity contribution in [1.29, 1.82) is 0 Å². The number of carbonyl (C=O) groups excluding carboxylic acids is 1. The van der Waals surface area contributed by atoms with Gasteiger partial charge in [0.05, 0.1) is 51.0 Å². The molecule has 0 radical (unpaired) electrons. The molecule has 4 heterocycles. The minimum atomic E-state index is -4.61. The second kappa shape index (κ2) is 15.3. The summed E-state index contributed by atoms with van der Waals surface area (Å²) in [6, 6.07) is 7.45. The number of nitrogens with one attached hydrogen (secondary N) is 2. The molecule has 340 valence electrons. The minimum Gasteiger partial charge on any atom is -0.344 e. The Morgan fingerprint density at radius 1 is 1.03 bits per heavy atom. The van der Waals surface area contributed by atoms with Gasteiger partial charge in [0.2, 0.25) is 15.9 Å². The lowest BCUT2D eigenvalue weighted by Crippen LogP contribution is -2.38. The van der Waals surface area contributed by atoms with Gasteiger partial charge in [-0.25, -0.2) is 31.0 Å². The van der Waals surface area contributed by atoms with Crippen molar-refractivity contribution in [3.63, 3.8) is 0 Å². The van der Waals surface area contributed by atoms with Crippen molar-refractivity contribution in [2.24, 2.45) is 13.0 Å². The number of nitrogens with zero attached hydrogens (tertiary/aromatic N) is 8. The fourth-order valence-electron chi connectivity index (χ4n) is 8.54. The van der Waals surface area contributed by atoms with Crippen LogP contribution in [0.2, 0.25) is 5.02 Å². The number of sulfonamides is 1. The summed E-state index contributed by atoms with van der Waals surface area (Å²) >= 11 is 6.59. The quantitative estimate of drug-likeness (QED) is 0.119. The molecule has 2 aliphatic rings. The van der Waals surface area contributed by atoms with E-state index in [1.165, 1.54) is 42.1 Å². The Hall–Kier alpha value is -6.43. The van der Waals surface area contributed by atoms with Crippen molar-refractivity contribution in [3.8, 4) is 16.8 Å². The Kier molecular flexibility index (Phi) is 10.3. The van der Waals surface area contributed by atoms with Gasteiger partial charge >= 0.3 is 6.18 Å². The van der Waals surface area contributed by atoms with Crippen molar-refractivity contribution in [1.82, 2.24) is 44.2 Å². The first-order valence-electron chi connectivity index (χ1n) is 19.3. The average molecular weight is 953 g/mol. The number of amides is 1. The van der Waals surface area contributed by atoms with Crippen LogP contribution < -0.4 is 15.6 Å². The van der Waals surface area contributed by atoms with Gasteiger partial charge in [0.1, 0.15) is 41.9 Å². The standard InChI is InChI=1S/C40H30ClF9N10O4S/c1-57-33-28(6-5-25(41)31(33)36(55-57)56-65(2,63)64)60-37(53-26-10-18(3-4-22(26)38(60)62)19-13-51-58(14-19)16-39(46,47)48)27(9-17-7-20(42)11-21(43)8-17)52-29(61)15-59-34-30(32(54-59)35(44)45)23-12-24(23)40(34,49)50/h3-8,10-11,13-14,23-24,27,35H,9,12,15-16H2,1-2H3,(H,52,61)(H,55,56)/t23-,24+,27-/m0/s1. The summed E-state index contributed by atoms with van der Waals surface area (Å²) in [6.45, 7) is -2.47. The molecular weight excluding hydrogens is 923 g/mol. The number of anilines is 1. The van der Waals surface area contributed by atoms with E-state index in [0.29, 0.717) is 15.4 Å². The molecule has 1 fully saturated rings. The van der Waals surface area contributed by atoms with E-state index in [-0.39, 0.29) is 67.0 Å². The van der Waals surface area contributed by atoms with Crippen LogP contribution in [-0.2, 0) is 47.3 Å². The van der Waals surface area contributed by atoms with Gasteiger partial charge < -0.3 is 5.32 Å². The summed E-state index contributed by atoms with van der Waals surface area (Å²) in [5, 5.41) is 14.1. The second-order valence-electron chi connectivity index (χ2n) is 15.8. The number of aromatic nitrogens is 8. The molecule has 0 aliphatic heterocycles. The van der Waals surface area contributed by atoms with E-state index < -0.39 is 106 Å². The zero-order valence-corrected chi connectivity index (χ0v) is 34.9. The summed E-state index contributed by atoms with van der Waals surface area (Å²) in [7, 11) is -2.58. The Labute approximate surface area is 364 Å². The van der Waals surface area contributed by atoms with Crippen molar-refractivity contribution >= 4 is 55.2 Å². The molecule has 4 aromatic heterocycles. The maximum Gasteiger partial charge on any atom is 0.408 e. The predicted octanol–water partition coefficient (Wildman–Crippen LogP) is 7.44. The Morgan fingerprint density at radius 2 is 1.75 bits per heavy atom. The average Bonchev–Trinajstić information content (AvgIpc) is 3.40. The van der Waals surface area contributed by atoms with Crippen LogP contribution in [0.1, 0.15) is 53.1 Å². The first-order chi connectivity index (χ1) is 30.5. The van der Waals surface area contributed by atoms with Crippen LogP contribution in [0.15, 0.2) is 65.7 Å². The highest BCUT2D eigenvalue weighted by atomic mass is 35.5. The Morgan fingerprint density at radius 3 is 2.43 bits per heavy atom. The highest BCUT2D eigenvalue weighted by Crippen LogP contribution is 2.68. The predicted molar refractivity (Wildman–Crippen MR) is 215 cm³/mol. The number of hydrogen-bond donors (Lipinski definition) is 2. The lowest BCUT2D eigenvalue weighted by atomic mass is 10.0. The number of alkyl halides is 7. The van der Waals surface area contributed by atoms with Gasteiger partial charge in [-0.1, -0.05) is 17.7 Å². The summed E-state index contributed by atoms with van der Waals surface area (Å²) < 4.78 is 159. The van der Waals surface area contributed by atoms with Gasteiger partial charge in [-0.3, -0.25) is 32.9 Å². The van der Waals surface area contributed by atoms with Crippen molar-refractivity contribution in [2.75, 3.05) is 11.0 Å². The molecule has 1 amide bonds. The first-order valence-corrected chi connectivity index (χ1v) is 21.6. The second-order valence-corrected chi connectivity index (χ2v) is 18.0. The molecule has 0 bridgehead atoms. The van der Waals surface area contributed by atoms with E-state index in [1.54, 1.807) is 0 Å². The van der Waals surface area contributed by atoms with E-state index in [1.807, 2.05) is 0 Å². The third-order valence-corrected chi connectivity index (χ3v) is 12.0. The SMILES string of the molecule is Cn1nc(NS(C)(=O)=O)c2c(Cl)ccc(-n3c([C@H](Cc4cc(F)cc(F)c4)NC(=O)Cn4nc(C(F)F)c5c4C(F)(F)[C@@H]4C[C@H]54)nc4cc(-c5cnn(CC(F)(F)F)c5)ccc4c3=O)c21. The van der Waals surface area contributed by atoms with E-state index in [9.17, 15) is 48.7 Å². The monoisotopic (exact) mass is 952 g/mol. The topological polar surface area (TPSA) is 164 Å². The number of carbonyl (C=O) groups is 1. The maximum atomic E-state index is 15.5. The molecule has 14 nitrogen and oxygen atoms in total. The minimum absolute atomic E-state index is 0.00427. The molecule has 9 rings (SSSR count). The van der Waals surface area contributed by atoms with Gasteiger partial charge in [0.25, 0.3) is 17.9 Å². The van der Waals surface area contributed by atoms with Gasteiger partial charge in [-0.15, -0.1) is 0 Å². The van der Waals surface area contributed by atoms with Crippen LogP contribution in [0.4, 0.5) is 45.3 Å². The smallest absolute Gasteiger partial charge is 0.344 e. The molecular formula is C40H30ClF9N10O4S. The van der Waals surface area contributed by atoms with Crippen molar-refractivity contribution in [3.05, 3.63) is 116 Å². The molecule has 3 aromatic carbocycles. The van der Waals surface area contributed by atoms with Crippen LogP contribution in [0, 0.1) is 17.6 Å². The third kappa shape index (κ3) is 8.05. The molecule has 2 aliphatic carbocycles. The molecule has 0 saturated heterocycles. The molecule has 7 aromatic rings. The van der Waals surface area contributed by atoms with Crippen LogP contribution in [0.3, 0.4) is 0 Å². The van der Waals surface area contributed by atoms with Crippen LogP contribution in [0.5, 0.6) is 0 Å². The number of benzene rings is 3. The zero-order valence-electron chi connectivity index (χ0n) is 33.3. The largest absolute Gasteiger partial charge is 0.408 e. The molecule has 3 atom stereocenters. The zero-order chi connectivity index (χ0) is 46.7. The van der Waals surface area contributed by atoms with Crippen LogP contribution >= 0.6 is 11.6 Å². The van der Waals surface area contributed by atoms with Gasteiger partial charge in [0, 0.05) is 42.8 Å². The fourth-order valence-corrected chi connectivity index (χ4v) is 9.28. The molecule has 2 N–H and O–H groups in total. The summed E-state index contributed by atoms with van der Waals surface area (Å²) in [5.41, 5.74) is -2.85. The summed E-state index contributed by atoms with van der Waals surface area (Å²) in [5.74, 6) is -9.60. The van der Waals surface area contributed by atoms with Crippen molar-refractivity contribution < 1.29 is 52.7 Å². The summed E-state index contributed by atoms with van der Waals surface area (Å²) in [4.78, 5) is 33.9. The van der Waals surface area contributed by atoms with Crippen molar-refractivity contribution in [2.45, 2.75) is 56.4 Å². The van der Waals surface area contributed by atoms with E-state index in [4.69, 9.17) is 16.6 Å². The number of rotatable bonds is 12. The first kappa shape index (κ1) is 43.8. The van der Waals surface area contributed by atoms with E-state index in [0.717, 1.165) is 35.3 Å². The lowest BCUT2D eigenvalue weighted by Gasteiger charge is -2.24. The van der Waals surface area contributed by atoms with E-state index in [2.05, 4.69) is 25.3 Å². The lowest BCUT2D eigenvalue weighted by molar-refractivity contribution is -0.142. The highest BCUT2D eigenvalue weighted by Gasteiger charge is 2.67.